The summed E-state index contributed by atoms with van der Waals surface area (Å²) in [5.74, 6) is -9.03. The number of hydrogen-bond donors (Lipinski definition) is 2. The molecule has 13 nitrogen and oxygen atoms in total. The maximum atomic E-state index is 16.3. The molecule has 1 aromatic rings. The second-order valence-corrected chi connectivity index (χ2v) is 19.2. The first-order valence-corrected chi connectivity index (χ1v) is 24.1. The van der Waals surface area contributed by atoms with Crippen LogP contribution >= 0.6 is 0 Å². The van der Waals surface area contributed by atoms with Crippen LogP contribution in [0.15, 0.2) is 59.7 Å². The number of ketones is 2. The van der Waals surface area contributed by atoms with Crippen LogP contribution in [0.1, 0.15) is 111 Å². The number of ether oxygens (including phenoxy) is 6. The van der Waals surface area contributed by atoms with Crippen molar-refractivity contribution in [3.05, 3.63) is 65.3 Å². The van der Waals surface area contributed by atoms with Crippen LogP contribution in [0.25, 0.3) is 6.08 Å². The highest BCUT2D eigenvalue weighted by Gasteiger charge is 2.57. The first-order chi connectivity index (χ1) is 31.5. The molecule has 66 heavy (non-hydrogen) atoms. The van der Waals surface area contributed by atoms with E-state index in [2.05, 4.69) is 0 Å². The molecule has 1 amide bonds. The zero-order valence-corrected chi connectivity index (χ0v) is 40.6. The van der Waals surface area contributed by atoms with E-state index in [-0.39, 0.29) is 56.1 Å². The Balaban J connectivity index is 1.46. The molecule has 15 atom stereocenters. The molecule has 368 valence electrons. The lowest BCUT2D eigenvalue weighted by Gasteiger charge is -2.47. The molecule has 0 aromatic heterocycles. The van der Waals surface area contributed by atoms with Crippen LogP contribution in [-0.2, 0) is 47.6 Å². The first-order valence-electron chi connectivity index (χ1n) is 24.1. The van der Waals surface area contributed by atoms with Crippen molar-refractivity contribution in [2.45, 2.75) is 166 Å². The zero-order valence-electron chi connectivity index (χ0n) is 40.6. The molecule has 2 bridgehead atoms. The molecule has 1 aliphatic carbocycles. The van der Waals surface area contributed by atoms with E-state index in [1.54, 1.807) is 40.9 Å². The Bertz CT molecular complexity index is 1870. The molecule has 3 fully saturated rings. The Morgan fingerprint density at radius 3 is 2.27 bits per heavy atom. The van der Waals surface area contributed by atoms with Crippen LogP contribution in [-0.4, -0.2) is 134 Å². The van der Waals surface area contributed by atoms with Gasteiger partial charge in [-0.1, -0.05) is 82.3 Å². The number of cyclic esters (lactones) is 1. The zero-order chi connectivity index (χ0) is 48.3. The molecule has 14 heteroatoms. The Morgan fingerprint density at radius 2 is 1.61 bits per heavy atom. The second-order valence-electron chi connectivity index (χ2n) is 19.2. The van der Waals surface area contributed by atoms with Gasteiger partial charge in [0, 0.05) is 52.0 Å². The van der Waals surface area contributed by atoms with E-state index in [0.717, 1.165) is 16.9 Å². The lowest BCUT2D eigenvalue weighted by molar-refractivity contribution is -0.302. The van der Waals surface area contributed by atoms with Gasteiger partial charge in [-0.05, 0) is 100 Å². The number of benzene rings is 1. The molecule has 3 heterocycles. The number of allylic oxidation sites excluding steroid dienone is 3. The summed E-state index contributed by atoms with van der Waals surface area (Å²) in [5.41, 5.74) is 2.07. The number of rotatable bonds is 10. The number of esters is 1. The van der Waals surface area contributed by atoms with Crippen molar-refractivity contribution in [2.75, 3.05) is 34.5 Å². The van der Waals surface area contributed by atoms with Crippen LogP contribution in [0.5, 0.6) is 0 Å². The van der Waals surface area contributed by atoms with Gasteiger partial charge < -0.3 is 43.5 Å². The lowest BCUT2D eigenvalue weighted by Crippen LogP contribution is -2.64. The summed E-state index contributed by atoms with van der Waals surface area (Å²) in [4.78, 5) is 58.3. The SMILES string of the molecule is CCC1/C=C(\C)C(F)C(C)CC(OC)C2OC(O)(C(=O)C(=O)N3CCCCC3C(=O)OC(C(C)=CC3CCC(OCC=Cc4ccccc4)C(OC)C3)C(C)C(O)CC1=O)C(C)CC2OC. The number of hydrogen-bond acceptors (Lipinski definition) is 12. The van der Waals surface area contributed by atoms with Gasteiger partial charge in [0.15, 0.2) is 0 Å². The molecule has 3 aliphatic heterocycles. The molecule has 0 radical (unpaired) electrons. The minimum Gasteiger partial charge on any atom is -0.456 e. The summed E-state index contributed by atoms with van der Waals surface area (Å²) in [5, 5.41) is 23.9. The number of amides is 1. The number of carbonyl (C=O) groups is 4. The monoisotopic (exact) mass is 926 g/mol. The van der Waals surface area contributed by atoms with Crippen LogP contribution in [0.4, 0.5) is 4.39 Å². The van der Waals surface area contributed by atoms with E-state index in [1.165, 1.54) is 14.2 Å². The van der Waals surface area contributed by atoms with Crippen molar-refractivity contribution in [3.8, 4) is 0 Å². The van der Waals surface area contributed by atoms with E-state index < -0.39 is 89.9 Å². The van der Waals surface area contributed by atoms with Gasteiger partial charge in [-0.15, -0.1) is 0 Å². The maximum absolute atomic E-state index is 16.3. The first kappa shape index (κ1) is 53.3. The molecule has 15 unspecified atom stereocenters. The van der Waals surface area contributed by atoms with Crippen molar-refractivity contribution in [3.63, 3.8) is 0 Å². The molecule has 0 spiro atoms. The van der Waals surface area contributed by atoms with Gasteiger partial charge in [0.2, 0.25) is 5.79 Å². The van der Waals surface area contributed by atoms with Crippen LogP contribution < -0.4 is 0 Å². The van der Waals surface area contributed by atoms with E-state index in [9.17, 15) is 29.4 Å². The Kier molecular flexibility index (Phi) is 19.9. The van der Waals surface area contributed by atoms with E-state index >= 15 is 4.39 Å². The van der Waals surface area contributed by atoms with Crippen LogP contribution in [0, 0.1) is 29.6 Å². The van der Waals surface area contributed by atoms with Crippen molar-refractivity contribution in [1.29, 1.82) is 0 Å². The van der Waals surface area contributed by atoms with Gasteiger partial charge >= 0.3 is 5.97 Å². The number of carbonyl (C=O) groups excluding carboxylic acids is 4. The Hall–Kier alpha value is -3.63. The maximum Gasteiger partial charge on any atom is 0.329 e. The summed E-state index contributed by atoms with van der Waals surface area (Å²) >= 11 is 0. The van der Waals surface area contributed by atoms with E-state index in [4.69, 9.17) is 28.4 Å². The van der Waals surface area contributed by atoms with Crippen molar-refractivity contribution >= 4 is 29.5 Å². The van der Waals surface area contributed by atoms with Crippen molar-refractivity contribution < 1.29 is 62.2 Å². The van der Waals surface area contributed by atoms with Crippen molar-refractivity contribution in [1.82, 2.24) is 4.90 Å². The van der Waals surface area contributed by atoms with E-state index in [1.807, 2.05) is 62.4 Å². The minimum atomic E-state index is -2.61. The van der Waals surface area contributed by atoms with Gasteiger partial charge in [0.1, 0.15) is 30.2 Å². The second kappa shape index (κ2) is 24.6. The largest absolute Gasteiger partial charge is 0.456 e. The van der Waals surface area contributed by atoms with Crippen LogP contribution in [0.2, 0.25) is 0 Å². The molecule has 2 N–H and O–H groups in total. The van der Waals surface area contributed by atoms with Gasteiger partial charge in [0.25, 0.3) is 11.7 Å². The summed E-state index contributed by atoms with van der Waals surface area (Å²) in [6.07, 6.45) is 4.59. The highest BCUT2D eigenvalue weighted by molar-refractivity contribution is 6.39. The van der Waals surface area contributed by atoms with Crippen molar-refractivity contribution in [2.24, 2.45) is 29.6 Å². The number of halogens is 1. The standard InChI is InChI=1S/C52H76FNO12/c1-10-38-26-31(2)46(53)32(3)27-44(62-8)48-45(63-9)28-34(5)52(60,66-48)49(57)50(58)54-23-15-14-20-39(54)51(59)65-47(35(6)40(55)30-41(38)56)33(4)25-37-21-22-42(43(29-37)61-7)64-24-16-19-36-17-12-11-13-18-36/h11-13,16-19,25-26,32,34-35,37-40,42-48,55,60H,10,14-15,20-24,27-30H2,1-9H3/b19-16?,31-26+,33-25?. The summed E-state index contributed by atoms with van der Waals surface area (Å²) in [7, 11) is 4.55. The predicted octanol–water partition coefficient (Wildman–Crippen LogP) is 7.16. The molecule has 1 aromatic carbocycles. The minimum absolute atomic E-state index is 0.000874. The summed E-state index contributed by atoms with van der Waals surface area (Å²) in [6.45, 7) is 10.8. The lowest BCUT2D eigenvalue weighted by atomic mass is 9.81. The quantitative estimate of drug-likeness (QED) is 0.138. The number of aliphatic hydroxyl groups excluding tert-OH is 1. The average Bonchev–Trinajstić information content (AvgIpc) is 3.32. The normalized spacial score (nSPS) is 38.3. The number of fused-ring (bicyclic) bond motifs is 3. The van der Waals surface area contributed by atoms with E-state index in [0.29, 0.717) is 49.9 Å². The third-order valence-electron chi connectivity index (χ3n) is 14.6. The van der Waals surface area contributed by atoms with Gasteiger partial charge in [-0.25, -0.2) is 9.18 Å². The molecular formula is C52H76FNO12. The number of alkyl halides is 1. The predicted molar refractivity (Wildman–Crippen MR) is 248 cm³/mol. The van der Waals surface area contributed by atoms with Gasteiger partial charge in [-0.3, -0.25) is 14.4 Å². The third kappa shape index (κ3) is 12.9. The summed E-state index contributed by atoms with van der Waals surface area (Å²) < 4.78 is 52.6. The fourth-order valence-corrected chi connectivity index (χ4v) is 10.4. The molecule has 2 saturated heterocycles. The molecule has 5 rings (SSSR count). The number of aliphatic hydroxyl groups is 2. The Labute approximate surface area is 391 Å². The number of nitrogens with zero attached hydrogens (tertiary/aromatic N) is 1. The van der Waals surface area contributed by atoms with Gasteiger partial charge in [-0.2, -0.15) is 0 Å². The van der Waals surface area contributed by atoms with Gasteiger partial charge in [0.05, 0.1) is 37.1 Å². The fourth-order valence-electron chi connectivity index (χ4n) is 10.4. The molecular weight excluding hydrogens is 850 g/mol. The topological polar surface area (TPSA) is 167 Å². The number of piperidine rings is 1. The fraction of sp³-hybridized carbons (Fsp3) is 0.692. The Morgan fingerprint density at radius 1 is 0.924 bits per heavy atom. The molecule has 1 saturated carbocycles. The number of methoxy groups -OCH3 is 3. The third-order valence-corrected chi connectivity index (χ3v) is 14.6. The smallest absolute Gasteiger partial charge is 0.329 e. The summed E-state index contributed by atoms with van der Waals surface area (Å²) in [6, 6.07) is 8.81. The highest BCUT2D eigenvalue weighted by Crippen LogP contribution is 2.40. The molecule has 4 aliphatic rings. The average molecular weight is 926 g/mol. The van der Waals surface area contributed by atoms with Crippen LogP contribution in [0.3, 0.4) is 0 Å². The highest BCUT2D eigenvalue weighted by atomic mass is 19.1. The number of Topliss-reactive ketones (excluding diaryl/α,β-unsaturated/α-hetero) is 2.